The van der Waals surface area contributed by atoms with Crippen LogP contribution in [0.15, 0.2) is 6.20 Å². The number of nitrogens with one attached hydrogen (secondary N) is 2. The molecule has 0 aliphatic heterocycles. The molecular formula is C17H26F3N5O5. The average Bonchev–Trinajstić information content (AvgIpc) is 2.70. The van der Waals surface area contributed by atoms with E-state index in [4.69, 9.17) is 4.74 Å². The van der Waals surface area contributed by atoms with E-state index in [2.05, 4.69) is 25.6 Å². The van der Waals surface area contributed by atoms with Crippen LogP contribution >= 0.6 is 0 Å². The van der Waals surface area contributed by atoms with Gasteiger partial charge in [0.25, 0.3) is 0 Å². The molecule has 2 amide bonds. The number of rotatable bonds is 14. The van der Waals surface area contributed by atoms with Crippen molar-refractivity contribution in [3.05, 3.63) is 17.5 Å². The van der Waals surface area contributed by atoms with Crippen molar-refractivity contribution in [1.29, 1.82) is 0 Å². The molecule has 0 aromatic carbocycles. The van der Waals surface area contributed by atoms with E-state index in [1.54, 1.807) is 0 Å². The number of halogens is 3. The Bertz CT molecular complexity index is 678. The predicted molar refractivity (Wildman–Crippen MR) is 97.7 cm³/mol. The molecule has 0 spiro atoms. The van der Waals surface area contributed by atoms with Gasteiger partial charge in [-0.15, -0.1) is 0 Å². The van der Waals surface area contributed by atoms with Crippen molar-refractivity contribution >= 4 is 18.3 Å². The van der Waals surface area contributed by atoms with E-state index in [0.717, 1.165) is 12.8 Å². The Labute approximate surface area is 171 Å². The number of methoxy groups -OCH3 is 1. The zero-order valence-electron chi connectivity index (χ0n) is 16.7. The Kier molecular flexibility index (Phi) is 11.0. The van der Waals surface area contributed by atoms with Gasteiger partial charge in [-0.1, -0.05) is 26.2 Å². The van der Waals surface area contributed by atoms with E-state index in [1.807, 2.05) is 6.92 Å². The second-order valence-electron chi connectivity index (χ2n) is 6.34. The number of anilines is 1. The van der Waals surface area contributed by atoms with E-state index in [9.17, 15) is 28.0 Å². The number of hydrogen-bond acceptors (Lipinski definition) is 8. The van der Waals surface area contributed by atoms with E-state index in [1.165, 1.54) is 7.11 Å². The summed E-state index contributed by atoms with van der Waals surface area (Å²) in [5, 5.41) is 9.73. The molecule has 0 aliphatic rings. The van der Waals surface area contributed by atoms with Crippen LogP contribution in [-0.4, -0.2) is 53.0 Å². The Hall–Kier alpha value is -2.51. The van der Waals surface area contributed by atoms with Crippen molar-refractivity contribution in [2.24, 2.45) is 5.92 Å². The number of hydrazine groups is 1. The average molecular weight is 437 g/mol. The first-order chi connectivity index (χ1) is 14.2. The number of carbonyl (C=O) groups excluding carboxylic acids is 2. The smallest absolute Gasteiger partial charge is 0.359 e. The molecule has 3 N–H and O–H groups in total. The molecule has 0 fully saturated rings. The summed E-state index contributed by atoms with van der Waals surface area (Å²) in [5.74, 6) is -1.60. The Morgan fingerprint density at radius 1 is 1.40 bits per heavy atom. The van der Waals surface area contributed by atoms with Gasteiger partial charge in [0.1, 0.15) is 6.79 Å². The molecule has 0 bridgehead atoms. The summed E-state index contributed by atoms with van der Waals surface area (Å²) in [4.78, 5) is 30.3. The van der Waals surface area contributed by atoms with Crippen LogP contribution in [0.5, 0.6) is 0 Å². The molecule has 1 rings (SSSR count). The number of amides is 2. The van der Waals surface area contributed by atoms with Gasteiger partial charge in [0.2, 0.25) is 18.3 Å². The van der Waals surface area contributed by atoms with Crippen LogP contribution in [0.4, 0.5) is 19.1 Å². The van der Waals surface area contributed by atoms with Crippen molar-refractivity contribution in [2.75, 3.05) is 25.9 Å². The van der Waals surface area contributed by atoms with Crippen LogP contribution in [0.1, 0.15) is 43.9 Å². The molecule has 1 aromatic heterocycles. The summed E-state index contributed by atoms with van der Waals surface area (Å²) in [6, 6.07) is 0. The standard InChI is InChI=1S/C17H26F3N5O5/c1-3-4-5-6-12(8-25(28)10-26)15(27)23-24-16-21-7-13(17(18,19)20)14(22-16)9-30-11-29-2/h7,10,12,28H,3-6,8-9,11H2,1-2H3,(H,23,27)(H,21,22,24)/t12-/m1/s1. The number of ether oxygens (including phenoxy) is 2. The van der Waals surface area contributed by atoms with E-state index in [-0.39, 0.29) is 25.7 Å². The Morgan fingerprint density at radius 2 is 2.13 bits per heavy atom. The first-order valence-electron chi connectivity index (χ1n) is 9.19. The Balaban J connectivity index is 2.84. The van der Waals surface area contributed by atoms with Gasteiger partial charge in [0, 0.05) is 13.3 Å². The van der Waals surface area contributed by atoms with Crippen LogP contribution in [0.25, 0.3) is 0 Å². The first kappa shape index (κ1) is 25.5. The number of hydrogen-bond donors (Lipinski definition) is 3. The zero-order valence-corrected chi connectivity index (χ0v) is 16.7. The molecule has 0 unspecified atom stereocenters. The third-order valence-electron chi connectivity index (χ3n) is 3.97. The summed E-state index contributed by atoms with van der Waals surface area (Å²) in [5.41, 5.74) is 3.13. The summed E-state index contributed by atoms with van der Waals surface area (Å²) in [6.45, 7) is 1.04. The van der Waals surface area contributed by atoms with Gasteiger partial charge in [-0.2, -0.15) is 13.2 Å². The molecule has 0 aliphatic carbocycles. The summed E-state index contributed by atoms with van der Waals surface area (Å²) >= 11 is 0. The SMILES string of the molecule is CCCCC[C@H](CN(O)C=O)C(=O)NNc1ncc(C(F)(F)F)c(COCOC)n1. The third kappa shape index (κ3) is 8.88. The molecule has 10 nitrogen and oxygen atoms in total. The number of nitrogens with zero attached hydrogens (tertiary/aromatic N) is 3. The Morgan fingerprint density at radius 3 is 2.73 bits per heavy atom. The maximum absolute atomic E-state index is 13.1. The van der Waals surface area contributed by atoms with Crippen LogP contribution in [0.2, 0.25) is 0 Å². The van der Waals surface area contributed by atoms with Gasteiger partial charge in [-0.05, 0) is 6.42 Å². The maximum Gasteiger partial charge on any atom is 0.419 e. The molecule has 1 atom stereocenters. The minimum Gasteiger partial charge on any atom is -0.359 e. The molecule has 0 saturated heterocycles. The van der Waals surface area contributed by atoms with Crippen LogP contribution in [0, 0.1) is 5.92 Å². The van der Waals surface area contributed by atoms with Gasteiger partial charge >= 0.3 is 6.18 Å². The minimum atomic E-state index is -4.68. The van der Waals surface area contributed by atoms with Crippen molar-refractivity contribution in [3.63, 3.8) is 0 Å². The molecule has 1 heterocycles. The van der Waals surface area contributed by atoms with Crippen molar-refractivity contribution in [3.8, 4) is 0 Å². The number of hydroxylamine groups is 2. The highest BCUT2D eigenvalue weighted by molar-refractivity contribution is 5.80. The second-order valence-corrected chi connectivity index (χ2v) is 6.34. The fourth-order valence-electron chi connectivity index (χ4n) is 2.48. The molecule has 170 valence electrons. The van der Waals surface area contributed by atoms with Crippen LogP contribution in [0.3, 0.4) is 0 Å². The fourth-order valence-corrected chi connectivity index (χ4v) is 2.48. The lowest BCUT2D eigenvalue weighted by atomic mass is 10.0. The topological polar surface area (TPSA) is 126 Å². The lowest BCUT2D eigenvalue weighted by molar-refractivity contribution is -0.154. The highest BCUT2D eigenvalue weighted by atomic mass is 19.4. The molecule has 30 heavy (non-hydrogen) atoms. The molecule has 1 aromatic rings. The van der Waals surface area contributed by atoms with Gasteiger partial charge in [0.05, 0.1) is 30.3 Å². The van der Waals surface area contributed by atoms with Crippen molar-refractivity contribution in [1.82, 2.24) is 20.5 Å². The maximum atomic E-state index is 13.1. The molecule has 0 saturated carbocycles. The largest absolute Gasteiger partial charge is 0.419 e. The summed E-state index contributed by atoms with van der Waals surface area (Å²) in [7, 11) is 1.32. The molecule has 0 radical (unpaired) electrons. The minimum absolute atomic E-state index is 0.179. The number of aromatic nitrogens is 2. The molecular weight excluding hydrogens is 411 g/mol. The van der Waals surface area contributed by atoms with E-state index < -0.39 is 35.9 Å². The van der Waals surface area contributed by atoms with Gasteiger partial charge in [-0.3, -0.25) is 25.6 Å². The quantitative estimate of drug-likeness (QED) is 0.133. The normalized spacial score (nSPS) is 12.3. The second kappa shape index (κ2) is 12.9. The highest BCUT2D eigenvalue weighted by Gasteiger charge is 2.35. The summed E-state index contributed by atoms with van der Waals surface area (Å²) < 4.78 is 48.9. The number of unbranched alkanes of at least 4 members (excludes halogenated alkanes) is 2. The lowest BCUT2D eigenvalue weighted by Gasteiger charge is -2.20. The van der Waals surface area contributed by atoms with Crippen LogP contribution in [-0.2, 0) is 31.8 Å². The third-order valence-corrected chi connectivity index (χ3v) is 3.97. The fraction of sp³-hybridized carbons (Fsp3) is 0.647. The van der Waals surface area contributed by atoms with E-state index in [0.29, 0.717) is 24.1 Å². The van der Waals surface area contributed by atoms with Crippen molar-refractivity contribution < 1.29 is 37.4 Å². The zero-order chi connectivity index (χ0) is 22.6. The lowest BCUT2D eigenvalue weighted by Crippen LogP contribution is -2.40. The van der Waals surface area contributed by atoms with Gasteiger partial charge in [0.15, 0.2) is 0 Å². The molecule has 13 heteroatoms. The van der Waals surface area contributed by atoms with Gasteiger partial charge < -0.3 is 9.47 Å². The number of alkyl halides is 3. The monoisotopic (exact) mass is 437 g/mol. The highest BCUT2D eigenvalue weighted by Crippen LogP contribution is 2.31. The number of carbonyl (C=O) groups is 2. The van der Waals surface area contributed by atoms with Crippen molar-refractivity contribution in [2.45, 2.75) is 45.4 Å². The van der Waals surface area contributed by atoms with Crippen LogP contribution < -0.4 is 10.9 Å². The predicted octanol–water partition coefficient (Wildman–Crippen LogP) is 2.10. The first-order valence-corrected chi connectivity index (χ1v) is 9.19. The van der Waals surface area contributed by atoms with Gasteiger partial charge in [-0.25, -0.2) is 15.0 Å². The van der Waals surface area contributed by atoms with E-state index >= 15 is 0 Å². The summed E-state index contributed by atoms with van der Waals surface area (Å²) in [6.07, 6.45) is -1.06.